The summed E-state index contributed by atoms with van der Waals surface area (Å²) in [7, 11) is 0. The number of rotatable bonds is 3. The summed E-state index contributed by atoms with van der Waals surface area (Å²) in [6, 6.07) is 0. The first-order valence-corrected chi connectivity index (χ1v) is 3.98. The molecule has 0 spiro atoms. The normalized spacial score (nSPS) is 12.8. The summed E-state index contributed by atoms with van der Waals surface area (Å²) in [5.74, 6) is -0.416. The Morgan fingerprint density at radius 2 is 2.08 bits per heavy atom. The Kier molecular flexibility index (Phi) is 4.62. The van der Waals surface area contributed by atoms with Gasteiger partial charge in [0.2, 0.25) is 0 Å². The Labute approximate surface area is 77.2 Å². The first kappa shape index (κ1) is 12.1. The van der Waals surface area contributed by atoms with Crippen molar-refractivity contribution in [1.29, 1.82) is 0 Å². The highest BCUT2D eigenvalue weighted by molar-refractivity contribution is 5.75. The molecule has 0 rings (SSSR count). The average molecular weight is 190 g/mol. The first-order chi connectivity index (χ1) is 5.91. The molecule has 0 fully saturated rings. The van der Waals surface area contributed by atoms with Crippen molar-refractivity contribution in [3.8, 4) is 0 Å². The molecule has 0 aromatic heterocycles. The number of esters is 1. The van der Waals surface area contributed by atoms with Crippen LogP contribution < -0.4 is 0 Å². The molecule has 1 N–H and O–H groups in total. The van der Waals surface area contributed by atoms with Gasteiger partial charge in [0.05, 0.1) is 18.4 Å². The van der Waals surface area contributed by atoms with Crippen molar-refractivity contribution in [1.82, 2.24) is 0 Å². The number of hydrogen-bond donors (Lipinski definition) is 1. The highest BCUT2D eigenvalue weighted by Crippen LogP contribution is 2.15. The number of halogens is 1. The van der Waals surface area contributed by atoms with Crippen LogP contribution in [0.3, 0.4) is 0 Å². The highest BCUT2D eigenvalue weighted by Gasteiger charge is 2.23. The lowest BCUT2D eigenvalue weighted by Crippen LogP contribution is -2.24. The van der Waals surface area contributed by atoms with Gasteiger partial charge in [-0.1, -0.05) is 0 Å². The molecule has 0 saturated carbocycles. The zero-order valence-corrected chi connectivity index (χ0v) is 8.13. The van der Waals surface area contributed by atoms with E-state index in [2.05, 4.69) is 0 Å². The summed E-state index contributed by atoms with van der Waals surface area (Å²) in [5.41, 5.74) is -0.547. The third kappa shape index (κ3) is 4.62. The summed E-state index contributed by atoms with van der Waals surface area (Å²) >= 11 is 0. The van der Waals surface area contributed by atoms with Crippen LogP contribution in [0, 0.1) is 5.41 Å². The number of hydrogen-bond acceptors (Lipinski definition) is 3. The molecule has 0 amide bonds. The van der Waals surface area contributed by atoms with Crippen molar-refractivity contribution in [3.63, 3.8) is 0 Å². The summed E-state index contributed by atoms with van der Waals surface area (Å²) in [5, 5.41) is 8.54. The number of aliphatic hydroxyl groups is 1. The largest absolute Gasteiger partial charge is 0.461 e. The number of carbonyl (C=O) groups excluding carboxylic acids is 1. The van der Waals surface area contributed by atoms with Gasteiger partial charge in [-0.15, -0.1) is 0 Å². The van der Waals surface area contributed by atoms with E-state index in [1.54, 1.807) is 20.8 Å². The zero-order chi connectivity index (χ0) is 10.5. The molecule has 0 heterocycles. The van der Waals surface area contributed by atoms with Crippen molar-refractivity contribution < 1.29 is 19.0 Å². The van der Waals surface area contributed by atoms with Crippen LogP contribution in [0.1, 0.15) is 20.8 Å². The quantitative estimate of drug-likeness (QED) is 0.684. The molecule has 3 nitrogen and oxygen atoms in total. The zero-order valence-electron chi connectivity index (χ0n) is 8.13. The SMILES string of the molecule is CC(C)(C)C(=O)OCC(=CF)CO. The average Bonchev–Trinajstić information content (AvgIpc) is 2.04. The highest BCUT2D eigenvalue weighted by atomic mass is 19.1. The molecule has 0 aliphatic carbocycles. The lowest BCUT2D eigenvalue weighted by Gasteiger charge is -2.16. The minimum atomic E-state index is -0.600. The van der Waals surface area contributed by atoms with Crippen LogP contribution in [0.2, 0.25) is 0 Å². The summed E-state index contributed by atoms with van der Waals surface area (Å²) in [6.07, 6.45) is 0.246. The van der Waals surface area contributed by atoms with Crippen molar-refractivity contribution in [2.75, 3.05) is 13.2 Å². The van der Waals surface area contributed by atoms with Gasteiger partial charge >= 0.3 is 5.97 Å². The minimum Gasteiger partial charge on any atom is -0.461 e. The first-order valence-electron chi connectivity index (χ1n) is 3.98. The van der Waals surface area contributed by atoms with E-state index in [-0.39, 0.29) is 18.5 Å². The summed E-state index contributed by atoms with van der Waals surface area (Å²) in [4.78, 5) is 11.1. The molecule has 0 aliphatic heterocycles. The Morgan fingerprint density at radius 3 is 2.38 bits per heavy atom. The molecular formula is C9H15FO3. The van der Waals surface area contributed by atoms with E-state index in [1.807, 2.05) is 0 Å². The van der Waals surface area contributed by atoms with E-state index in [4.69, 9.17) is 9.84 Å². The van der Waals surface area contributed by atoms with E-state index in [9.17, 15) is 9.18 Å². The van der Waals surface area contributed by atoms with Crippen molar-refractivity contribution in [2.45, 2.75) is 20.8 Å². The standard InChI is InChI=1S/C9H15FO3/c1-9(2,3)8(12)13-6-7(4-10)5-11/h4,11H,5-6H2,1-3H3. The van der Waals surface area contributed by atoms with Crippen molar-refractivity contribution in [3.05, 3.63) is 11.9 Å². The van der Waals surface area contributed by atoms with Crippen LogP contribution in [0.25, 0.3) is 0 Å². The predicted molar refractivity (Wildman–Crippen MR) is 46.7 cm³/mol. The van der Waals surface area contributed by atoms with Crippen LogP contribution in [0.4, 0.5) is 4.39 Å². The van der Waals surface area contributed by atoms with Crippen LogP contribution in [0.15, 0.2) is 11.9 Å². The topological polar surface area (TPSA) is 46.5 Å². The van der Waals surface area contributed by atoms with Crippen molar-refractivity contribution in [2.24, 2.45) is 5.41 Å². The van der Waals surface area contributed by atoms with Gasteiger partial charge in [0.1, 0.15) is 6.61 Å². The Morgan fingerprint density at radius 1 is 1.54 bits per heavy atom. The molecule has 4 heteroatoms. The number of ether oxygens (including phenoxy) is 1. The van der Waals surface area contributed by atoms with Crippen LogP contribution in [-0.2, 0) is 9.53 Å². The fourth-order valence-electron chi connectivity index (χ4n) is 0.486. The Balaban J connectivity index is 3.97. The summed E-state index contributed by atoms with van der Waals surface area (Å²) < 4.78 is 16.6. The lowest BCUT2D eigenvalue weighted by molar-refractivity contribution is -0.152. The van der Waals surface area contributed by atoms with Gasteiger partial charge in [0.15, 0.2) is 0 Å². The van der Waals surface area contributed by atoms with Crippen LogP contribution in [0.5, 0.6) is 0 Å². The van der Waals surface area contributed by atoms with Crippen molar-refractivity contribution >= 4 is 5.97 Å². The van der Waals surface area contributed by atoms with Gasteiger partial charge in [-0.05, 0) is 20.8 Å². The second kappa shape index (κ2) is 4.97. The monoisotopic (exact) mass is 190 g/mol. The molecular weight excluding hydrogens is 175 g/mol. The Bertz CT molecular complexity index is 203. The third-order valence-corrected chi connectivity index (χ3v) is 1.36. The second-order valence-electron chi connectivity index (χ2n) is 3.75. The van der Waals surface area contributed by atoms with Crippen LogP contribution >= 0.6 is 0 Å². The van der Waals surface area contributed by atoms with E-state index < -0.39 is 18.0 Å². The molecule has 0 aliphatic rings. The molecule has 0 unspecified atom stereocenters. The van der Waals surface area contributed by atoms with Gasteiger partial charge in [-0.25, -0.2) is 4.39 Å². The molecule has 0 atom stereocenters. The molecule has 13 heavy (non-hydrogen) atoms. The second-order valence-corrected chi connectivity index (χ2v) is 3.75. The summed E-state index contributed by atoms with van der Waals surface area (Å²) in [6.45, 7) is 4.48. The molecule has 76 valence electrons. The fourth-order valence-corrected chi connectivity index (χ4v) is 0.486. The number of aliphatic hydroxyl groups excluding tert-OH is 1. The fraction of sp³-hybridized carbons (Fsp3) is 0.667. The molecule has 0 saturated heterocycles. The van der Waals surface area contributed by atoms with Gasteiger partial charge < -0.3 is 9.84 Å². The molecule has 0 aromatic carbocycles. The molecule has 0 radical (unpaired) electrons. The van der Waals surface area contributed by atoms with Gasteiger partial charge in [-0.3, -0.25) is 4.79 Å². The minimum absolute atomic E-state index is 0.0533. The maximum atomic E-state index is 11.9. The smallest absolute Gasteiger partial charge is 0.311 e. The van der Waals surface area contributed by atoms with E-state index in [1.165, 1.54) is 0 Å². The lowest BCUT2D eigenvalue weighted by atomic mass is 9.97. The van der Waals surface area contributed by atoms with E-state index >= 15 is 0 Å². The number of carbonyl (C=O) groups is 1. The molecule has 0 bridgehead atoms. The Hall–Kier alpha value is -0.900. The third-order valence-electron chi connectivity index (χ3n) is 1.36. The van der Waals surface area contributed by atoms with Gasteiger partial charge in [-0.2, -0.15) is 0 Å². The van der Waals surface area contributed by atoms with Gasteiger partial charge in [0.25, 0.3) is 0 Å². The molecule has 0 aromatic rings. The van der Waals surface area contributed by atoms with Gasteiger partial charge in [0, 0.05) is 5.57 Å². The van der Waals surface area contributed by atoms with E-state index in [0.717, 1.165) is 0 Å². The van der Waals surface area contributed by atoms with Crippen LogP contribution in [-0.4, -0.2) is 24.3 Å². The maximum Gasteiger partial charge on any atom is 0.311 e. The van der Waals surface area contributed by atoms with E-state index in [0.29, 0.717) is 0 Å². The maximum absolute atomic E-state index is 11.9. The predicted octanol–water partition coefficient (Wildman–Crippen LogP) is 1.42.